The number of nitrogens with one attached hydrogen (secondary N) is 1. The first kappa shape index (κ1) is 14.3. The maximum Gasteiger partial charge on any atom is 0.242 e. The van der Waals surface area contributed by atoms with Crippen molar-refractivity contribution in [3.8, 4) is 5.75 Å². The minimum Gasteiger partial charge on any atom is -0.544 e. The van der Waals surface area contributed by atoms with E-state index in [0.29, 0.717) is 0 Å². The first-order valence-electron chi connectivity index (χ1n) is 7.00. The fourth-order valence-corrected chi connectivity index (χ4v) is 3.39. The molecular formula is C16H25NOSi. The predicted octanol–water partition coefficient (Wildman–Crippen LogP) is 3.71. The number of rotatable bonds is 3. The van der Waals surface area contributed by atoms with Gasteiger partial charge in [-0.25, -0.2) is 0 Å². The van der Waals surface area contributed by atoms with E-state index in [1.165, 1.54) is 11.1 Å². The van der Waals surface area contributed by atoms with Crippen molar-refractivity contribution in [3.05, 3.63) is 42.0 Å². The van der Waals surface area contributed by atoms with Gasteiger partial charge in [-0.1, -0.05) is 31.2 Å². The Balaban J connectivity index is 2.30. The van der Waals surface area contributed by atoms with Crippen LogP contribution in [0.3, 0.4) is 0 Å². The second-order valence-electron chi connectivity index (χ2n) is 6.60. The zero-order valence-electron chi connectivity index (χ0n) is 12.5. The normalized spacial score (nSPS) is 24.3. The Bertz CT molecular complexity index is 478. The van der Waals surface area contributed by atoms with Crippen LogP contribution in [0.4, 0.5) is 0 Å². The van der Waals surface area contributed by atoms with Crippen LogP contribution in [0, 0.1) is 0 Å². The van der Waals surface area contributed by atoms with Crippen LogP contribution in [0.1, 0.15) is 18.9 Å². The average Bonchev–Trinajstić information content (AvgIpc) is 2.31. The maximum absolute atomic E-state index is 6.11. The SMILES string of the molecule is C=C1CNCC[C@@]1(C)c1cccc(O[Si](C)(C)C)c1. The first-order chi connectivity index (χ1) is 8.81. The third-order valence-corrected chi connectivity index (χ3v) is 4.66. The Hall–Kier alpha value is -1.06. The quantitative estimate of drug-likeness (QED) is 0.671. The summed E-state index contributed by atoms with van der Waals surface area (Å²) in [5.41, 5.74) is 2.67. The van der Waals surface area contributed by atoms with Gasteiger partial charge in [0.05, 0.1) is 0 Å². The zero-order valence-corrected chi connectivity index (χ0v) is 13.5. The molecule has 0 radical (unpaired) electrons. The van der Waals surface area contributed by atoms with Crippen LogP contribution in [0.15, 0.2) is 36.4 Å². The number of piperidine rings is 1. The highest BCUT2D eigenvalue weighted by Gasteiger charge is 2.32. The van der Waals surface area contributed by atoms with Gasteiger partial charge in [0.2, 0.25) is 8.32 Å². The van der Waals surface area contributed by atoms with Crippen molar-refractivity contribution in [3.63, 3.8) is 0 Å². The van der Waals surface area contributed by atoms with Gasteiger partial charge in [0.15, 0.2) is 0 Å². The highest BCUT2D eigenvalue weighted by Crippen LogP contribution is 2.37. The summed E-state index contributed by atoms with van der Waals surface area (Å²) in [4.78, 5) is 0. The van der Waals surface area contributed by atoms with Crippen LogP contribution in [0.5, 0.6) is 5.75 Å². The summed E-state index contributed by atoms with van der Waals surface area (Å²) in [7, 11) is -1.55. The summed E-state index contributed by atoms with van der Waals surface area (Å²) in [6.45, 7) is 15.2. The lowest BCUT2D eigenvalue weighted by Gasteiger charge is -2.37. The Kier molecular flexibility index (Phi) is 3.88. The second kappa shape index (κ2) is 5.14. The van der Waals surface area contributed by atoms with Crippen molar-refractivity contribution in [2.24, 2.45) is 0 Å². The van der Waals surface area contributed by atoms with Crippen LogP contribution < -0.4 is 9.74 Å². The van der Waals surface area contributed by atoms with E-state index >= 15 is 0 Å². The fraction of sp³-hybridized carbons (Fsp3) is 0.500. The number of benzene rings is 1. The molecule has 3 heteroatoms. The van der Waals surface area contributed by atoms with Gasteiger partial charge >= 0.3 is 0 Å². The molecule has 0 amide bonds. The lowest BCUT2D eigenvalue weighted by molar-refractivity contribution is 0.427. The van der Waals surface area contributed by atoms with E-state index in [4.69, 9.17) is 4.43 Å². The van der Waals surface area contributed by atoms with Crippen LogP contribution in [-0.4, -0.2) is 21.4 Å². The highest BCUT2D eigenvalue weighted by molar-refractivity contribution is 6.70. The molecule has 0 aliphatic carbocycles. The summed E-state index contributed by atoms with van der Waals surface area (Å²) in [5, 5.41) is 3.39. The van der Waals surface area contributed by atoms with Crippen LogP contribution in [0.2, 0.25) is 19.6 Å². The average molecular weight is 275 g/mol. The standard InChI is InChI=1S/C16H25NOSi/c1-13-12-17-10-9-16(13,2)14-7-6-8-15(11-14)18-19(3,4)5/h6-8,11,17H,1,9-10,12H2,2-5H3/t16-/m1/s1. The molecule has 2 rings (SSSR count). The molecule has 0 unspecified atom stereocenters. The zero-order chi connectivity index (χ0) is 14.1. The number of hydrogen-bond acceptors (Lipinski definition) is 2. The molecule has 2 nitrogen and oxygen atoms in total. The minimum atomic E-state index is -1.55. The molecule has 1 saturated heterocycles. The van der Waals surface area contributed by atoms with Gasteiger partial charge in [-0.3, -0.25) is 0 Å². The Morgan fingerprint density at radius 1 is 1.32 bits per heavy atom. The molecule has 104 valence electrons. The summed E-state index contributed by atoms with van der Waals surface area (Å²) in [6.07, 6.45) is 1.10. The van der Waals surface area contributed by atoms with E-state index in [2.05, 4.69) is 62.7 Å². The fourth-order valence-electron chi connectivity index (χ4n) is 2.55. The monoisotopic (exact) mass is 275 g/mol. The van der Waals surface area contributed by atoms with Gasteiger partial charge in [-0.05, 0) is 50.3 Å². The van der Waals surface area contributed by atoms with E-state index in [9.17, 15) is 0 Å². The van der Waals surface area contributed by atoms with Crippen LogP contribution in [0.25, 0.3) is 0 Å². The lowest BCUT2D eigenvalue weighted by atomic mass is 9.72. The van der Waals surface area contributed by atoms with E-state index in [0.717, 1.165) is 25.3 Å². The maximum atomic E-state index is 6.11. The van der Waals surface area contributed by atoms with E-state index in [1.54, 1.807) is 0 Å². The van der Waals surface area contributed by atoms with Crippen molar-refractivity contribution in [2.75, 3.05) is 13.1 Å². The molecule has 0 saturated carbocycles. The van der Waals surface area contributed by atoms with Crippen LogP contribution in [-0.2, 0) is 5.41 Å². The summed E-state index contributed by atoms with van der Waals surface area (Å²) in [6, 6.07) is 8.57. The second-order valence-corrected chi connectivity index (χ2v) is 11.0. The van der Waals surface area contributed by atoms with Gasteiger partial charge in [0.25, 0.3) is 0 Å². The Labute approximate surface area is 118 Å². The van der Waals surface area contributed by atoms with E-state index in [1.807, 2.05) is 0 Å². The molecule has 1 aliphatic heterocycles. The van der Waals surface area contributed by atoms with Crippen LogP contribution >= 0.6 is 0 Å². The smallest absolute Gasteiger partial charge is 0.242 e. The lowest BCUT2D eigenvalue weighted by Crippen LogP contribution is -2.39. The Morgan fingerprint density at radius 3 is 2.68 bits per heavy atom. The van der Waals surface area contributed by atoms with E-state index < -0.39 is 8.32 Å². The molecule has 0 bridgehead atoms. The van der Waals surface area contributed by atoms with Gasteiger partial charge < -0.3 is 9.74 Å². The third kappa shape index (κ3) is 3.28. The molecular weight excluding hydrogens is 250 g/mol. The predicted molar refractivity (Wildman–Crippen MR) is 84.4 cm³/mol. The summed E-state index contributed by atoms with van der Waals surface area (Å²) >= 11 is 0. The molecule has 0 spiro atoms. The van der Waals surface area contributed by atoms with Crippen molar-refractivity contribution in [1.82, 2.24) is 5.32 Å². The molecule has 1 aliphatic rings. The molecule has 1 aromatic carbocycles. The van der Waals surface area contributed by atoms with Crippen molar-refractivity contribution in [2.45, 2.75) is 38.4 Å². The van der Waals surface area contributed by atoms with Crippen molar-refractivity contribution in [1.29, 1.82) is 0 Å². The van der Waals surface area contributed by atoms with Gasteiger partial charge in [-0.2, -0.15) is 0 Å². The first-order valence-corrected chi connectivity index (χ1v) is 10.4. The van der Waals surface area contributed by atoms with Gasteiger partial charge in [0, 0.05) is 12.0 Å². The molecule has 0 aromatic heterocycles. The molecule has 1 N–H and O–H groups in total. The summed E-state index contributed by atoms with van der Waals surface area (Å²) in [5.74, 6) is 1.00. The largest absolute Gasteiger partial charge is 0.544 e. The highest BCUT2D eigenvalue weighted by atomic mass is 28.4. The summed E-state index contributed by atoms with van der Waals surface area (Å²) < 4.78 is 6.11. The van der Waals surface area contributed by atoms with Gasteiger partial charge in [-0.15, -0.1) is 0 Å². The molecule has 19 heavy (non-hydrogen) atoms. The molecule has 1 atom stereocenters. The van der Waals surface area contributed by atoms with Crippen molar-refractivity contribution >= 4 is 8.32 Å². The number of hydrogen-bond donors (Lipinski definition) is 1. The van der Waals surface area contributed by atoms with E-state index in [-0.39, 0.29) is 5.41 Å². The topological polar surface area (TPSA) is 21.3 Å². The van der Waals surface area contributed by atoms with Crippen molar-refractivity contribution < 1.29 is 4.43 Å². The third-order valence-electron chi connectivity index (χ3n) is 3.82. The minimum absolute atomic E-state index is 0.0735. The molecule has 1 aromatic rings. The van der Waals surface area contributed by atoms with Gasteiger partial charge in [0.1, 0.15) is 5.75 Å². The Morgan fingerprint density at radius 2 is 2.05 bits per heavy atom. The molecule has 1 fully saturated rings. The molecule has 1 heterocycles.